The monoisotopic (exact) mass is 474 g/mol. The normalized spacial score (nSPS) is 10.4. The molecule has 0 radical (unpaired) electrons. The van der Waals surface area contributed by atoms with Gasteiger partial charge in [0.1, 0.15) is 0 Å². The third kappa shape index (κ3) is 4.39. The van der Waals surface area contributed by atoms with Crippen molar-refractivity contribution < 1.29 is 19.5 Å². The molecule has 0 aromatic heterocycles. The van der Waals surface area contributed by atoms with Crippen molar-refractivity contribution in [3.63, 3.8) is 0 Å². The van der Waals surface area contributed by atoms with E-state index in [1.807, 2.05) is 18.2 Å². The van der Waals surface area contributed by atoms with Crippen LogP contribution in [0.3, 0.4) is 0 Å². The van der Waals surface area contributed by atoms with E-state index in [0.29, 0.717) is 0 Å². The van der Waals surface area contributed by atoms with Gasteiger partial charge in [0.05, 0.1) is 0 Å². The van der Waals surface area contributed by atoms with Gasteiger partial charge in [-0.25, -0.2) is 0 Å². The van der Waals surface area contributed by atoms with Crippen molar-refractivity contribution >= 4 is 35.4 Å². The van der Waals surface area contributed by atoms with Crippen LogP contribution in [-0.2, 0) is 19.5 Å². The van der Waals surface area contributed by atoms with E-state index >= 15 is 0 Å². The van der Waals surface area contributed by atoms with Crippen molar-refractivity contribution in [3.05, 3.63) is 114 Å². The summed E-state index contributed by atoms with van der Waals surface area (Å²) in [6.45, 7) is 0. The van der Waals surface area contributed by atoms with Gasteiger partial charge in [0.15, 0.2) is 0 Å². The van der Waals surface area contributed by atoms with Crippen molar-refractivity contribution in [1.82, 2.24) is 0 Å². The topological polar surface area (TPSA) is 0 Å². The fraction of sp³-hybridized carbons (Fsp3) is 0. The standard InChI is InChI=1S/C24H18ClP.Ru/c25-23-17-9-7-15-21(23)22-16-8-10-18-24(22)26(19-11-3-1-4-12-19)20-13-5-2-6-14-20;/h1-18H;. The summed E-state index contributed by atoms with van der Waals surface area (Å²) in [4.78, 5) is 0. The maximum atomic E-state index is 6.53. The van der Waals surface area contributed by atoms with Crippen LogP contribution in [0.1, 0.15) is 0 Å². The van der Waals surface area contributed by atoms with E-state index < -0.39 is 7.92 Å². The van der Waals surface area contributed by atoms with Crippen molar-refractivity contribution in [2.24, 2.45) is 0 Å². The molecule has 3 heteroatoms. The molecule has 0 saturated carbocycles. The molecule has 4 rings (SSSR count). The molecule has 0 saturated heterocycles. The predicted octanol–water partition coefficient (Wildman–Crippen LogP) is 5.76. The van der Waals surface area contributed by atoms with Gasteiger partial charge < -0.3 is 0 Å². The van der Waals surface area contributed by atoms with Crippen LogP contribution in [0.15, 0.2) is 109 Å². The fourth-order valence-electron chi connectivity index (χ4n) is 3.16. The number of hydrogen-bond donors (Lipinski definition) is 0. The van der Waals surface area contributed by atoms with E-state index in [4.69, 9.17) is 11.6 Å². The molecule has 0 spiro atoms. The van der Waals surface area contributed by atoms with Crippen LogP contribution in [0.2, 0.25) is 5.02 Å². The van der Waals surface area contributed by atoms with Gasteiger partial charge in [0.2, 0.25) is 0 Å². The minimum absolute atomic E-state index is 0. The average Bonchev–Trinajstić information content (AvgIpc) is 2.71. The quantitative estimate of drug-likeness (QED) is 0.261. The van der Waals surface area contributed by atoms with Crippen LogP contribution in [0.4, 0.5) is 0 Å². The smallest absolute Gasteiger partial charge is 0.0484 e. The molecular weight excluding hydrogens is 456 g/mol. The number of rotatable bonds is 4. The Morgan fingerprint density at radius 2 is 0.926 bits per heavy atom. The molecule has 0 fully saturated rings. The van der Waals surface area contributed by atoms with E-state index in [1.165, 1.54) is 21.5 Å². The molecule has 0 aliphatic heterocycles. The second-order valence-electron chi connectivity index (χ2n) is 6.00. The molecule has 0 aliphatic rings. The third-order valence-electron chi connectivity index (χ3n) is 4.34. The first-order chi connectivity index (χ1) is 12.8. The van der Waals surface area contributed by atoms with E-state index in [2.05, 4.69) is 91.0 Å². The Morgan fingerprint density at radius 1 is 0.481 bits per heavy atom. The van der Waals surface area contributed by atoms with Crippen LogP contribution in [0.25, 0.3) is 11.1 Å². The van der Waals surface area contributed by atoms with Crippen LogP contribution >= 0.6 is 19.5 Å². The zero-order valence-electron chi connectivity index (χ0n) is 14.6. The Morgan fingerprint density at radius 3 is 1.48 bits per heavy atom. The first-order valence-electron chi connectivity index (χ1n) is 8.59. The first-order valence-corrected chi connectivity index (χ1v) is 10.3. The van der Waals surface area contributed by atoms with Crippen molar-refractivity contribution in [1.29, 1.82) is 0 Å². The van der Waals surface area contributed by atoms with Crippen LogP contribution in [0.5, 0.6) is 0 Å². The van der Waals surface area contributed by atoms with Crippen molar-refractivity contribution in [3.8, 4) is 11.1 Å². The minimum atomic E-state index is -0.661. The van der Waals surface area contributed by atoms with Crippen LogP contribution in [-0.4, -0.2) is 0 Å². The Labute approximate surface area is 179 Å². The average molecular weight is 474 g/mol. The van der Waals surface area contributed by atoms with E-state index in [-0.39, 0.29) is 19.5 Å². The van der Waals surface area contributed by atoms with Gasteiger partial charge in [-0.3, -0.25) is 0 Å². The van der Waals surface area contributed by atoms with Gasteiger partial charge in [0.25, 0.3) is 0 Å². The van der Waals surface area contributed by atoms with E-state index in [9.17, 15) is 0 Å². The van der Waals surface area contributed by atoms with Gasteiger partial charge in [-0.1, -0.05) is 115 Å². The third-order valence-corrected chi connectivity index (χ3v) is 7.17. The molecule has 27 heavy (non-hydrogen) atoms. The zero-order valence-corrected chi connectivity index (χ0v) is 18.0. The molecule has 4 aromatic carbocycles. The minimum Gasteiger partial charge on any atom is -0.0837 e. The summed E-state index contributed by atoms with van der Waals surface area (Å²) in [6.07, 6.45) is 0. The molecule has 134 valence electrons. The second kappa shape index (κ2) is 9.43. The number of halogens is 1. The summed E-state index contributed by atoms with van der Waals surface area (Å²) in [6, 6.07) is 38.2. The summed E-state index contributed by atoms with van der Waals surface area (Å²) in [5, 5.41) is 4.80. The van der Waals surface area contributed by atoms with Gasteiger partial charge in [-0.2, -0.15) is 0 Å². The van der Waals surface area contributed by atoms with Gasteiger partial charge >= 0.3 is 0 Å². The molecule has 0 nitrogen and oxygen atoms in total. The van der Waals surface area contributed by atoms with E-state index in [0.717, 1.165) is 10.6 Å². The van der Waals surface area contributed by atoms with Crippen LogP contribution in [0, 0.1) is 0 Å². The van der Waals surface area contributed by atoms with Gasteiger partial charge in [-0.15, -0.1) is 0 Å². The maximum Gasteiger partial charge on any atom is 0.0484 e. The summed E-state index contributed by atoms with van der Waals surface area (Å²) in [5.74, 6) is 0. The van der Waals surface area contributed by atoms with Crippen molar-refractivity contribution in [2.75, 3.05) is 0 Å². The molecule has 0 amide bonds. The van der Waals surface area contributed by atoms with E-state index in [1.54, 1.807) is 0 Å². The predicted molar refractivity (Wildman–Crippen MR) is 116 cm³/mol. The summed E-state index contributed by atoms with van der Waals surface area (Å²) >= 11 is 6.53. The molecule has 0 atom stereocenters. The summed E-state index contributed by atoms with van der Waals surface area (Å²) in [5.41, 5.74) is 2.29. The Balaban J connectivity index is 0.00000210. The summed E-state index contributed by atoms with van der Waals surface area (Å²) in [7, 11) is -0.661. The number of benzene rings is 4. The fourth-order valence-corrected chi connectivity index (χ4v) is 5.86. The Hall–Kier alpha value is -1.78. The maximum absolute atomic E-state index is 6.53. The van der Waals surface area contributed by atoms with Crippen molar-refractivity contribution in [2.45, 2.75) is 0 Å². The largest absolute Gasteiger partial charge is 0.0837 e. The van der Waals surface area contributed by atoms with Gasteiger partial charge in [0, 0.05) is 30.1 Å². The van der Waals surface area contributed by atoms with Crippen LogP contribution < -0.4 is 15.9 Å². The molecule has 0 N–H and O–H groups in total. The molecule has 0 bridgehead atoms. The zero-order chi connectivity index (χ0) is 17.8. The molecular formula is C24H18ClPRu. The second-order valence-corrected chi connectivity index (χ2v) is 8.60. The first kappa shape index (κ1) is 20.0. The Bertz CT molecular complexity index is 963. The number of hydrogen-bond acceptors (Lipinski definition) is 0. The molecule has 4 aromatic rings. The SMILES string of the molecule is Clc1ccccc1-c1ccccc1P(c1ccccc1)c1ccccc1.[Ru]. The van der Waals surface area contributed by atoms with Gasteiger partial charge in [-0.05, 0) is 35.5 Å². The molecule has 0 unspecified atom stereocenters. The Kier molecular flexibility index (Phi) is 6.97. The molecule has 0 aliphatic carbocycles. The summed E-state index contributed by atoms with van der Waals surface area (Å²) < 4.78 is 0. The molecule has 0 heterocycles.